The predicted octanol–water partition coefficient (Wildman–Crippen LogP) is 3.10. The Bertz CT molecular complexity index is 1310. The average molecular weight is 463 g/mol. The van der Waals surface area contributed by atoms with Crippen LogP contribution >= 0.6 is 0 Å². The summed E-state index contributed by atoms with van der Waals surface area (Å²) in [5.41, 5.74) is 2.80. The third-order valence-corrected chi connectivity index (χ3v) is 5.94. The minimum absolute atomic E-state index is 0.187. The van der Waals surface area contributed by atoms with Crippen LogP contribution in [0.4, 0.5) is 10.5 Å². The maximum Gasteiger partial charge on any atom is 0.410 e. The van der Waals surface area contributed by atoms with Crippen molar-refractivity contribution in [3.63, 3.8) is 0 Å². The fourth-order valence-corrected chi connectivity index (χ4v) is 4.31. The molecule has 1 amide bonds. The van der Waals surface area contributed by atoms with E-state index in [-0.39, 0.29) is 18.3 Å². The molecular formula is C25H30N6O3. The number of fused-ring (bicyclic) bond motifs is 1. The fraction of sp³-hybridized carbons (Fsp3) is 0.440. The second kappa shape index (κ2) is 9.21. The quantitative estimate of drug-likeness (QED) is 0.593. The summed E-state index contributed by atoms with van der Waals surface area (Å²) >= 11 is 0. The minimum Gasteiger partial charge on any atom is -0.444 e. The normalized spacial score (nSPS) is 14.7. The van der Waals surface area contributed by atoms with Crippen LogP contribution in [0.15, 0.2) is 41.3 Å². The summed E-state index contributed by atoms with van der Waals surface area (Å²) in [6.45, 7) is 8.33. The highest BCUT2D eigenvalue weighted by molar-refractivity contribution is 5.87. The van der Waals surface area contributed by atoms with Crippen molar-refractivity contribution >= 4 is 22.9 Å². The Balaban J connectivity index is 1.69. The molecule has 2 aromatic heterocycles. The number of rotatable bonds is 3. The Morgan fingerprint density at radius 3 is 2.65 bits per heavy atom. The van der Waals surface area contributed by atoms with Crippen LogP contribution in [0.25, 0.3) is 11.2 Å². The molecule has 1 aliphatic rings. The van der Waals surface area contributed by atoms with E-state index in [1.165, 1.54) is 0 Å². The van der Waals surface area contributed by atoms with E-state index < -0.39 is 5.60 Å². The first-order chi connectivity index (χ1) is 16.2. The molecule has 1 saturated heterocycles. The van der Waals surface area contributed by atoms with Crippen LogP contribution in [-0.2, 0) is 18.3 Å². The Kier molecular flexibility index (Phi) is 6.33. The lowest BCUT2D eigenvalue weighted by Crippen LogP contribution is -2.39. The highest BCUT2D eigenvalue weighted by atomic mass is 16.6. The third-order valence-electron chi connectivity index (χ3n) is 5.94. The maximum absolute atomic E-state index is 13.2. The van der Waals surface area contributed by atoms with Gasteiger partial charge in [0.25, 0.3) is 0 Å². The number of anilines is 1. The number of aryl methyl sites for hydroxylation is 1. The van der Waals surface area contributed by atoms with Gasteiger partial charge >= 0.3 is 11.8 Å². The number of aromatic nitrogens is 3. The van der Waals surface area contributed by atoms with Gasteiger partial charge in [0.05, 0.1) is 23.9 Å². The van der Waals surface area contributed by atoms with Crippen molar-refractivity contribution < 1.29 is 9.53 Å². The van der Waals surface area contributed by atoms with E-state index in [9.17, 15) is 14.9 Å². The molecule has 0 radical (unpaired) electrons. The lowest BCUT2D eigenvalue weighted by molar-refractivity contribution is 0.0263. The summed E-state index contributed by atoms with van der Waals surface area (Å²) in [6, 6.07) is 11.4. The molecule has 0 saturated carbocycles. The van der Waals surface area contributed by atoms with Gasteiger partial charge in [0.1, 0.15) is 11.1 Å². The van der Waals surface area contributed by atoms with Gasteiger partial charge in [-0.05, 0) is 44.9 Å². The highest BCUT2D eigenvalue weighted by Gasteiger charge is 2.26. The molecule has 3 aromatic rings. The fourth-order valence-electron chi connectivity index (χ4n) is 4.31. The number of nitriles is 1. The summed E-state index contributed by atoms with van der Waals surface area (Å²) in [5.74, 6) is 0. The Hall–Kier alpha value is -3.80. The second-order valence-electron chi connectivity index (χ2n) is 9.51. The molecule has 0 bridgehead atoms. The number of hydrogen-bond donors (Lipinski definition) is 0. The molecule has 9 heteroatoms. The monoisotopic (exact) mass is 462 g/mol. The zero-order valence-corrected chi connectivity index (χ0v) is 20.1. The number of amides is 1. The number of imidazole rings is 1. The van der Waals surface area contributed by atoms with Gasteiger partial charge in [-0.3, -0.25) is 9.13 Å². The van der Waals surface area contributed by atoms with E-state index in [0.29, 0.717) is 30.8 Å². The van der Waals surface area contributed by atoms with Crippen LogP contribution in [0.3, 0.4) is 0 Å². The molecule has 0 spiro atoms. The molecule has 34 heavy (non-hydrogen) atoms. The molecule has 1 aliphatic heterocycles. The number of nitrogens with zero attached hydrogens (tertiary/aromatic N) is 6. The van der Waals surface area contributed by atoms with Gasteiger partial charge in [0.2, 0.25) is 0 Å². The van der Waals surface area contributed by atoms with E-state index in [0.717, 1.165) is 29.7 Å². The summed E-state index contributed by atoms with van der Waals surface area (Å²) in [4.78, 5) is 34.2. The van der Waals surface area contributed by atoms with E-state index >= 15 is 0 Å². The number of benzene rings is 1. The first-order valence-electron chi connectivity index (χ1n) is 11.4. The Morgan fingerprint density at radius 1 is 1.15 bits per heavy atom. The third kappa shape index (κ3) is 4.62. The van der Waals surface area contributed by atoms with Gasteiger partial charge in [0.15, 0.2) is 5.65 Å². The standard InChI is InChI=1S/C25H30N6O3/c1-25(2,3)34-24(33)30-13-7-12-29(14-15-30)20-10-11-27-22-21(20)31(23(32)28(22)4)17-19-9-6-5-8-18(19)16-26/h5-6,8-11H,7,12-15,17H2,1-4H3. The topological polar surface area (TPSA) is 96.4 Å². The van der Waals surface area contributed by atoms with Gasteiger partial charge in [0, 0.05) is 39.4 Å². The molecule has 4 rings (SSSR count). The van der Waals surface area contributed by atoms with Crippen LogP contribution in [0.5, 0.6) is 0 Å². The molecule has 9 nitrogen and oxygen atoms in total. The van der Waals surface area contributed by atoms with Crippen LogP contribution in [-0.4, -0.2) is 56.9 Å². The van der Waals surface area contributed by atoms with E-state index in [1.54, 1.807) is 33.3 Å². The average Bonchev–Trinajstić information content (AvgIpc) is 2.97. The van der Waals surface area contributed by atoms with Crippen molar-refractivity contribution in [1.82, 2.24) is 19.0 Å². The number of pyridine rings is 1. The van der Waals surface area contributed by atoms with Crippen molar-refractivity contribution in [3.05, 3.63) is 58.1 Å². The van der Waals surface area contributed by atoms with Gasteiger partial charge in [-0.1, -0.05) is 18.2 Å². The summed E-state index contributed by atoms with van der Waals surface area (Å²) in [6.07, 6.45) is 2.18. The number of carbonyl (C=O) groups is 1. The second-order valence-corrected chi connectivity index (χ2v) is 9.51. The summed E-state index contributed by atoms with van der Waals surface area (Å²) in [5, 5.41) is 9.51. The smallest absolute Gasteiger partial charge is 0.410 e. The van der Waals surface area contributed by atoms with Gasteiger partial charge in [-0.2, -0.15) is 5.26 Å². The van der Waals surface area contributed by atoms with Crippen molar-refractivity contribution in [2.45, 2.75) is 39.3 Å². The first kappa shape index (κ1) is 23.4. The molecule has 0 unspecified atom stereocenters. The van der Waals surface area contributed by atoms with Gasteiger partial charge in [-0.15, -0.1) is 0 Å². The largest absolute Gasteiger partial charge is 0.444 e. The summed E-state index contributed by atoms with van der Waals surface area (Å²) in [7, 11) is 1.71. The van der Waals surface area contributed by atoms with E-state index in [2.05, 4.69) is 16.0 Å². The predicted molar refractivity (Wildman–Crippen MR) is 130 cm³/mol. The Labute approximate surface area is 198 Å². The minimum atomic E-state index is -0.542. The SMILES string of the molecule is Cn1c(=O)n(Cc2ccccc2C#N)c2c(N3CCCN(C(=O)OC(C)(C)C)CC3)ccnc21. The first-order valence-corrected chi connectivity index (χ1v) is 11.4. The molecule has 1 fully saturated rings. The molecule has 0 N–H and O–H groups in total. The molecule has 0 atom stereocenters. The number of ether oxygens (including phenoxy) is 1. The van der Waals surface area contributed by atoms with Crippen molar-refractivity contribution in [2.75, 3.05) is 31.1 Å². The summed E-state index contributed by atoms with van der Waals surface area (Å²) < 4.78 is 8.78. The van der Waals surface area contributed by atoms with Crippen LogP contribution in [0, 0.1) is 11.3 Å². The molecular weight excluding hydrogens is 432 g/mol. The van der Waals surface area contributed by atoms with Crippen molar-refractivity contribution in [3.8, 4) is 6.07 Å². The van der Waals surface area contributed by atoms with Crippen molar-refractivity contribution in [2.24, 2.45) is 7.05 Å². The Morgan fingerprint density at radius 2 is 1.91 bits per heavy atom. The van der Waals surface area contributed by atoms with Gasteiger partial charge in [-0.25, -0.2) is 14.6 Å². The molecule has 178 valence electrons. The maximum atomic E-state index is 13.2. The lowest BCUT2D eigenvalue weighted by atomic mass is 10.1. The molecule has 0 aliphatic carbocycles. The van der Waals surface area contributed by atoms with Gasteiger partial charge < -0.3 is 14.5 Å². The number of carbonyl (C=O) groups excluding carboxylic acids is 1. The number of hydrogen-bond acceptors (Lipinski definition) is 6. The van der Waals surface area contributed by atoms with E-state index in [1.807, 2.05) is 45.0 Å². The highest BCUT2D eigenvalue weighted by Crippen LogP contribution is 2.27. The van der Waals surface area contributed by atoms with E-state index in [4.69, 9.17) is 4.74 Å². The van der Waals surface area contributed by atoms with Crippen LogP contribution in [0.1, 0.15) is 38.3 Å². The zero-order valence-electron chi connectivity index (χ0n) is 20.1. The van der Waals surface area contributed by atoms with Crippen LogP contribution < -0.4 is 10.6 Å². The lowest BCUT2D eigenvalue weighted by Gasteiger charge is -2.27. The molecule has 3 heterocycles. The zero-order chi connectivity index (χ0) is 24.5. The van der Waals surface area contributed by atoms with Crippen LogP contribution in [0.2, 0.25) is 0 Å². The molecule has 1 aromatic carbocycles. The van der Waals surface area contributed by atoms with Crippen molar-refractivity contribution in [1.29, 1.82) is 5.26 Å².